The fourth-order valence-electron chi connectivity index (χ4n) is 3.12. The highest BCUT2D eigenvalue weighted by Gasteiger charge is 2.42. The first-order chi connectivity index (χ1) is 14.0. The molecule has 1 aromatic carbocycles. The van der Waals surface area contributed by atoms with Crippen LogP contribution in [0.3, 0.4) is 0 Å². The molecule has 3 rings (SSSR count). The van der Waals surface area contributed by atoms with Crippen LogP contribution in [0.15, 0.2) is 24.4 Å². The molecule has 1 aromatic heterocycles. The zero-order chi connectivity index (χ0) is 22.3. The molecule has 1 fully saturated rings. The predicted octanol–water partition coefficient (Wildman–Crippen LogP) is 1.87. The second-order valence-corrected chi connectivity index (χ2v) is 6.77. The molecule has 12 heteroatoms. The van der Waals surface area contributed by atoms with Gasteiger partial charge in [-0.1, -0.05) is 6.07 Å². The lowest BCUT2D eigenvalue weighted by Crippen LogP contribution is -2.31. The lowest BCUT2D eigenvalue weighted by Gasteiger charge is -2.19. The molecule has 2 heterocycles. The Labute approximate surface area is 167 Å². The summed E-state index contributed by atoms with van der Waals surface area (Å²) < 4.78 is 40.6. The van der Waals surface area contributed by atoms with E-state index in [2.05, 4.69) is 9.97 Å². The molecule has 1 aliphatic rings. The molecule has 6 N–H and O–H groups in total. The minimum absolute atomic E-state index is 0.0568. The van der Waals surface area contributed by atoms with Gasteiger partial charge in [0.25, 0.3) is 0 Å². The maximum absolute atomic E-state index is 13.5. The van der Waals surface area contributed by atoms with Crippen molar-refractivity contribution in [2.24, 2.45) is 11.1 Å². The van der Waals surface area contributed by atoms with Crippen molar-refractivity contribution in [2.75, 3.05) is 17.2 Å². The van der Waals surface area contributed by atoms with Crippen LogP contribution in [0.25, 0.3) is 11.1 Å². The molecule has 0 bridgehead atoms. The lowest BCUT2D eigenvalue weighted by molar-refractivity contribution is -0.137. The van der Waals surface area contributed by atoms with Gasteiger partial charge in [-0.05, 0) is 17.7 Å². The number of carbonyl (C=O) groups excluding carboxylic acids is 2. The Kier molecular flexibility index (Phi) is 5.02. The number of alkyl halides is 3. The molecule has 0 saturated carbocycles. The summed E-state index contributed by atoms with van der Waals surface area (Å²) in [7, 11) is 0. The number of aromatic nitrogens is 2. The molecule has 2 amide bonds. The van der Waals surface area contributed by atoms with E-state index < -0.39 is 29.0 Å². The fourth-order valence-corrected chi connectivity index (χ4v) is 3.12. The van der Waals surface area contributed by atoms with Crippen LogP contribution in [0.1, 0.15) is 22.3 Å². The summed E-state index contributed by atoms with van der Waals surface area (Å²) in [6.45, 7) is -0.0568. The van der Waals surface area contributed by atoms with Crippen molar-refractivity contribution in [3.8, 4) is 11.1 Å². The van der Waals surface area contributed by atoms with Crippen molar-refractivity contribution in [3.63, 3.8) is 0 Å². The molecule has 0 spiro atoms. The van der Waals surface area contributed by atoms with E-state index in [9.17, 15) is 22.8 Å². The van der Waals surface area contributed by atoms with Crippen molar-refractivity contribution >= 4 is 36.0 Å². The maximum Gasteiger partial charge on any atom is 0.417 e. The summed E-state index contributed by atoms with van der Waals surface area (Å²) in [4.78, 5) is 32.6. The highest BCUT2D eigenvalue weighted by Crippen LogP contribution is 2.39. The molecule has 30 heavy (non-hydrogen) atoms. The summed E-state index contributed by atoms with van der Waals surface area (Å²) >= 11 is 0. The van der Waals surface area contributed by atoms with Crippen LogP contribution < -0.4 is 16.4 Å². The Morgan fingerprint density at radius 3 is 2.40 bits per heavy atom. The number of rotatable bonds is 5. The first kappa shape index (κ1) is 20.9. The first-order valence-electron chi connectivity index (χ1n) is 8.49. The van der Waals surface area contributed by atoms with Crippen LogP contribution in [0.2, 0.25) is 0 Å². The number of primary amides is 1. The van der Waals surface area contributed by atoms with Gasteiger partial charge in [0.05, 0.1) is 11.0 Å². The van der Waals surface area contributed by atoms with Crippen LogP contribution >= 0.6 is 0 Å². The molecule has 0 aliphatic carbocycles. The van der Waals surface area contributed by atoms with Crippen LogP contribution in [0.4, 0.5) is 24.9 Å². The zero-order valence-corrected chi connectivity index (χ0v) is 15.3. The maximum atomic E-state index is 13.5. The topological polar surface area (TPSA) is 163 Å². The summed E-state index contributed by atoms with van der Waals surface area (Å²) in [5, 5.41) is 14.9. The second kappa shape index (κ2) is 7.21. The van der Waals surface area contributed by atoms with E-state index in [0.717, 1.165) is 35.7 Å². The van der Waals surface area contributed by atoms with Gasteiger partial charge in [0.15, 0.2) is 0 Å². The molecule has 156 valence electrons. The summed E-state index contributed by atoms with van der Waals surface area (Å²) in [6, 6.07) is 2.80. The third kappa shape index (κ3) is 3.58. The van der Waals surface area contributed by atoms with Gasteiger partial charge in [-0.2, -0.15) is 18.2 Å². The van der Waals surface area contributed by atoms with E-state index in [1.54, 1.807) is 0 Å². The number of nitrogens with zero attached hydrogens (tertiary/aromatic N) is 3. The molecular formula is C18H16F3N7O2. The fraction of sp³-hybridized carbons (Fsp3) is 0.222. The summed E-state index contributed by atoms with van der Waals surface area (Å²) in [5.74, 6) is -1.92. The third-order valence-electron chi connectivity index (χ3n) is 4.76. The third-order valence-corrected chi connectivity index (χ3v) is 4.76. The van der Waals surface area contributed by atoms with Crippen LogP contribution in [-0.2, 0) is 11.0 Å². The average molecular weight is 419 g/mol. The standard InChI is InChI=1S/C18H16F3N7O2/c19-18(20,21)12-3-9(15(25)30)1-2-10(12)11-5-26-16(27-14(11)24)28-8-17(6-22,7-23)4-13(28)29/h1-3,5-7,22-23H,4,8H2,(H2,25,30)(H2,24,26,27). The number of carbonyl (C=O) groups is 2. The van der Waals surface area contributed by atoms with Crippen LogP contribution in [0, 0.1) is 16.2 Å². The molecule has 9 nitrogen and oxygen atoms in total. The molecule has 1 aliphatic heterocycles. The van der Waals surface area contributed by atoms with E-state index in [-0.39, 0.29) is 41.4 Å². The number of anilines is 2. The predicted molar refractivity (Wildman–Crippen MR) is 102 cm³/mol. The quantitative estimate of drug-likeness (QED) is 0.543. The average Bonchev–Trinajstić information content (AvgIpc) is 3.04. The van der Waals surface area contributed by atoms with E-state index in [0.29, 0.717) is 6.07 Å². The molecule has 0 atom stereocenters. The number of halogens is 3. The zero-order valence-electron chi connectivity index (χ0n) is 15.3. The van der Waals surface area contributed by atoms with Gasteiger partial charge in [-0.15, -0.1) is 0 Å². The second-order valence-electron chi connectivity index (χ2n) is 6.77. The molecule has 1 saturated heterocycles. The number of nitrogens with two attached hydrogens (primary N) is 2. The number of hydrogen-bond acceptors (Lipinski definition) is 7. The number of nitrogen functional groups attached to an aromatic ring is 1. The number of hydrogen-bond donors (Lipinski definition) is 4. The van der Waals surface area contributed by atoms with Gasteiger partial charge < -0.3 is 22.3 Å². The monoisotopic (exact) mass is 419 g/mol. The van der Waals surface area contributed by atoms with Crippen molar-refractivity contribution in [1.29, 1.82) is 10.8 Å². The highest BCUT2D eigenvalue weighted by molar-refractivity contribution is 6.04. The van der Waals surface area contributed by atoms with E-state index in [4.69, 9.17) is 22.3 Å². The SMILES string of the molecule is N=CC1(C=N)CC(=O)N(c2ncc(-c3ccc(C(N)=O)cc3C(F)(F)F)c(N)n2)C1. The largest absolute Gasteiger partial charge is 0.417 e. The number of nitrogens with one attached hydrogen (secondary N) is 2. The van der Waals surface area contributed by atoms with Crippen molar-refractivity contribution in [1.82, 2.24) is 9.97 Å². The summed E-state index contributed by atoms with van der Waals surface area (Å²) in [5.41, 5.74) is 7.90. The number of benzene rings is 1. The van der Waals surface area contributed by atoms with Crippen LogP contribution in [0.5, 0.6) is 0 Å². The van der Waals surface area contributed by atoms with Gasteiger partial charge >= 0.3 is 6.18 Å². The Morgan fingerprint density at radius 2 is 1.90 bits per heavy atom. The minimum atomic E-state index is -4.80. The van der Waals surface area contributed by atoms with Crippen molar-refractivity contribution in [2.45, 2.75) is 12.6 Å². The molecule has 0 unspecified atom stereocenters. The first-order valence-corrected chi connectivity index (χ1v) is 8.49. The van der Waals surface area contributed by atoms with Crippen molar-refractivity contribution < 1.29 is 22.8 Å². The van der Waals surface area contributed by atoms with E-state index in [1.165, 1.54) is 0 Å². The van der Waals surface area contributed by atoms with Gasteiger partial charge in [0.2, 0.25) is 17.8 Å². The lowest BCUT2D eigenvalue weighted by atomic mass is 9.90. The highest BCUT2D eigenvalue weighted by atomic mass is 19.4. The normalized spacial score (nSPS) is 19.0. The smallest absolute Gasteiger partial charge is 0.383 e. The number of amides is 2. The van der Waals surface area contributed by atoms with Crippen molar-refractivity contribution in [3.05, 3.63) is 35.5 Å². The van der Waals surface area contributed by atoms with Gasteiger partial charge in [0.1, 0.15) is 5.82 Å². The Bertz CT molecular complexity index is 1060. The van der Waals surface area contributed by atoms with E-state index >= 15 is 0 Å². The van der Waals surface area contributed by atoms with Gasteiger partial charge in [0, 0.05) is 42.7 Å². The Hall–Kier alpha value is -3.83. The van der Waals surface area contributed by atoms with Crippen LogP contribution in [-0.4, -0.2) is 40.8 Å². The minimum Gasteiger partial charge on any atom is -0.383 e. The molecular weight excluding hydrogens is 403 g/mol. The van der Waals surface area contributed by atoms with Gasteiger partial charge in [-0.3, -0.25) is 14.5 Å². The Morgan fingerprint density at radius 1 is 1.23 bits per heavy atom. The van der Waals surface area contributed by atoms with Gasteiger partial charge in [-0.25, -0.2) is 4.98 Å². The van der Waals surface area contributed by atoms with E-state index in [1.807, 2.05) is 0 Å². The molecule has 2 aromatic rings. The summed E-state index contributed by atoms with van der Waals surface area (Å²) in [6.07, 6.45) is -1.92. The Balaban J connectivity index is 2.05. The molecule has 0 radical (unpaired) electrons.